The highest BCUT2D eigenvalue weighted by molar-refractivity contribution is 5.71. The van der Waals surface area contributed by atoms with Crippen molar-refractivity contribution >= 4 is 17.9 Å². The Labute approximate surface area is 336 Å². The number of unbranched alkanes of at least 4 members (excludes halogenated alkanes) is 33. The molecule has 0 radical (unpaired) electrons. The molecule has 0 N–H and O–H groups in total. The van der Waals surface area contributed by atoms with Crippen molar-refractivity contribution in [2.24, 2.45) is 0 Å². The normalized spacial score (nSPS) is 11.8. The summed E-state index contributed by atoms with van der Waals surface area (Å²) in [6.07, 6.45) is 45.2. The van der Waals surface area contributed by atoms with Crippen LogP contribution in [0.4, 0.5) is 0 Å². The van der Waals surface area contributed by atoms with Gasteiger partial charge < -0.3 is 14.2 Å². The molecule has 0 aliphatic rings. The lowest BCUT2D eigenvalue weighted by molar-refractivity contribution is -0.167. The van der Waals surface area contributed by atoms with Gasteiger partial charge in [0.15, 0.2) is 6.10 Å². The summed E-state index contributed by atoms with van der Waals surface area (Å²) in [4.78, 5) is 37.7. The zero-order chi connectivity index (χ0) is 39.4. The van der Waals surface area contributed by atoms with Crippen LogP contribution in [-0.4, -0.2) is 37.2 Å². The van der Waals surface area contributed by atoms with E-state index < -0.39 is 6.10 Å². The molecule has 6 heteroatoms. The van der Waals surface area contributed by atoms with Crippen LogP contribution in [0.5, 0.6) is 0 Å². The molecular weight excluding hydrogens is 673 g/mol. The summed E-state index contributed by atoms with van der Waals surface area (Å²) in [5.74, 6) is -0.853. The molecule has 1 atom stereocenters. The molecule has 0 aliphatic heterocycles. The van der Waals surface area contributed by atoms with Gasteiger partial charge in [-0.15, -0.1) is 0 Å². The van der Waals surface area contributed by atoms with Gasteiger partial charge in [-0.05, 0) is 19.3 Å². The standard InChI is InChI=1S/C48H92O6/c1-4-7-10-13-16-19-21-22-23-24-25-26-28-29-32-35-38-41-47(50)53-44-45(43-52-46(49)40-37-34-31-18-15-12-9-6-3)54-48(51)42-39-36-33-30-27-20-17-14-11-8-5-2/h45H,4-44H2,1-3H3. The van der Waals surface area contributed by atoms with E-state index in [2.05, 4.69) is 20.8 Å². The number of rotatable bonds is 44. The van der Waals surface area contributed by atoms with Gasteiger partial charge in [0, 0.05) is 19.3 Å². The lowest BCUT2D eigenvalue weighted by Gasteiger charge is -2.18. The first-order valence-electron chi connectivity index (χ1n) is 24.0. The maximum absolute atomic E-state index is 12.7. The van der Waals surface area contributed by atoms with Gasteiger partial charge in [0.1, 0.15) is 13.2 Å². The maximum Gasteiger partial charge on any atom is 0.306 e. The fourth-order valence-electron chi connectivity index (χ4n) is 7.21. The Morgan fingerprint density at radius 1 is 0.296 bits per heavy atom. The zero-order valence-electron chi connectivity index (χ0n) is 36.5. The summed E-state index contributed by atoms with van der Waals surface area (Å²) in [6, 6.07) is 0. The third kappa shape index (κ3) is 41.6. The van der Waals surface area contributed by atoms with Crippen LogP contribution in [0.3, 0.4) is 0 Å². The fraction of sp³-hybridized carbons (Fsp3) is 0.938. The van der Waals surface area contributed by atoms with Crippen molar-refractivity contribution in [2.45, 2.75) is 277 Å². The molecule has 0 aromatic heterocycles. The van der Waals surface area contributed by atoms with Crippen molar-refractivity contribution in [3.63, 3.8) is 0 Å². The number of hydrogen-bond donors (Lipinski definition) is 0. The van der Waals surface area contributed by atoms with Gasteiger partial charge in [0.25, 0.3) is 0 Å². The Balaban J connectivity index is 4.22. The van der Waals surface area contributed by atoms with Crippen molar-refractivity contribution in [2.75, 3.05) is 13.2 Å². The molecule has 0 aliphatic carbocycles. The molecule has 0 fully saturated rings. The number of hydrogen-bond acceptors (Lipinski definition) is 6. The van der Waals surface area contributed by atoms with E-state index in [0.29, 0.717) is 19.3 Å². The van der Waals surface area contributed by atoms with E-state index in [9.17, 15) is 14.4 Å². The van der Waals surface area contributed by atoms with E-state index in [1.54, 1.807) is 0 Å². The lowest BCUT2D eigenvalue weighted by atomic mass is 10.0. The van der Waals surface area contributed by atoms with E-state index >= 15 is 0 Å². The third-order valence-corrected chi connectivity index (χ3v) is 10.9. The van der Waals surface area contributed by atoms with E-state index in [1.165, 1.54) is 173 Å². The summed E-state index contributed by atoms with van der Waals surface area (Å²) in [5.41, 5.74) is 0. The average molecular weight is 765 g/mol. The van der Waals surface area contributed by atoms with Gasteiger partial charge in [0.2, 0.25) is 0 Å². The van der Waals surface area contributed by atoms with Crippen LogP contribution in [0.15, 0.2) is 0 Å². The quantitative estimate of drug-likeness (QED) is 0.0349. The van der Waals surface area contributed by atoms with Crippen molar-refractivity contribution in [1.82, 2.24) is 0 Å². The number of carbonyl (C=O) groups excluding carboxylic acids is 3. The molecule has 0 heterocycles. The predicted molar refractivity (Wildman–Crippen MR) is 229 cm³/mol. The molecule has 0 saturated heterocycles. The molecule has 0 aromatic rings. The Kier molecular flexibility index (Phi) is 42.8. The summed E-state index contributed by atoms with van der Waals surface area (Å²) in [6.45, 7) is 6.63. The largest absolute Gasteiger partial charge is 0.462 e. The Morgan fingerprint density at radius 3 is 0.741 bits per heavy atom. The van der Waals surface area contributed by atoms with Crippen LogP contribution in [0.25, 0.3) is 0 Å². The molecule has 0 saturated carbocycles. The zero-order valence-corrected chi connectivity index (χ0v) is 36.5. The Morgan fingerprint density at radius 2 is 0.500 bits per heavy atom. The molecular formula is C48H92O6. The van der Waals surface area contributed by atoms with Gasteiger partial charge in [-0.25, -0.2) is 0 Å². The maximum atomic E-state index is 12.7. The van der Waals surface area contributed by atoms with Gasteiger partial charge in [-0.1, -0.05) is 233 Å². The number of esters is 3. The SMILES string of the molecule is CCCCCCCCCCCCCCCCCCCC(=O)OCC(COC(=O)CCCCCCCCCC)OC(=O)CCCCCCCCCCCCC. The Hall–Kier alpha value is -1.59. The Bertz CT molecular complexity index is 798. The van der Waals surface area contributed by atoms with Gasteiger partial charge in [-0.3, -0.25) is 14.4 Å². The molecule has 320 valence electrons. The monoisotopic (exact) mass is 765 g/mol. The fourth-order valence-corrected chi connectivity index (χ4v) is 7.21. The molecule has 0 bridgehead atoms. The van der Waals surface area contributed by atoms with Crippen LogP contribution >= 0.6 is 0 Å². The van der Waals surface area contributed by atoms with Gasteiger partial charge in [-0.2, -0.15) is 0 Å². The summed E-state index contributed by atoms with van der Waals surface area (Å²) < 4.78 is 16.7. The van der Waals surface area contributed by atoms with E-state index in [-0.39, 0.29) is 31.1 Å². The molecule has 0 aromatic carbocycles. The highest BCUT2D eigenvalue weighted by atomic mass is 16.6. The number of carbonyl (C=O) groups is 3. The molecule has 0 spiro atoms. The van der Waals surface area contributed by atoms with Crippen LogP contribution in [0.1, 0.15) is 271 Å². The summed E-state index contributed by atoms with van der Waals surface area (Å²) >= 11 is 0. The molecule has 54 heavy (non-hydrogen) atoms. The first kappa shape index (κ1) is 52.4. The average Bonchev–Trinajstić information content (AvgIpc) is 3.17. The summed E-state index contributed by atoms with van der Waals surface area (Å²) in [5, 5.41) is 0. The highest BCUT2D eigenvalue weighted by Gasteiger charge is 2.19. The first-order valence-corrected chi connectivity index (χ1v) is 24.0. The minimum Gasteiger partial charge on any atom is -0.462 e. The van der Waals surface area contributed by atoms with Gasteiger partial charge >= 0.3 is 17.9 Å². The van der Waals surface area contributed by atoms with Crippen molar-refractivity contribution in [3.8, 4) is 0 Å². The summed E-state index contributed by atoms with van der Waals surface area (Å²) in [7, 11) is 0. The van der Waals surface area contributed by atoms with Crippen LogP contribution in [0, 0.1) is 0 Å². The van der Waals surface area contributed by atoms with Crippen molar-refractivity contribution in [1.29, 1.82) is 0 Å². The molecule has 0 rings (SSSR count). The minimum absolute atomic E-state index is 0.0627. The second-order valence-electron chi connectivity index (χ2n) is 16.4. The molecule has 1 unspecified atom stereocenters. The topological polar surface area (TPSA) is 78.9 Å². The second-order valence-corrected chi connectivity index (χ2v) is 16.4. The van der Waals surface area contributed by atoms with E-state index in [4.69, 9.17) is 14.2 Å². The van der Waals surface area contributed by atoms with E-state index in [0.717, 1.165) is 57.8 Å². The minimum atomic E-state index is -0.757. The predicted octanol–water partition coefficient (Wildman–Crippen LogP) is 15.3. The van der Waals surface area contributed by atoms with Crippen LogP contribution in [-0.2, 0) is 28.6 Å². The van der Waals surface area contributed by atoms with Crippen LogP contribution < -0.4 is 0 Å². The van der Waals surface area contributed by atoms with Crippen molar-refractivity contribution in [3.05, 3.63) is 0 Å². The van der Waals surface area contributed by atoms with Gasteiger partial charge in [0.05, 0.1) is 0 Å². The first-order chi connectivity index (χ1) is 26.5. The highest BCUT2D eigenvalue weighted by Crippen LogP contribution is 2.16. The smallest absolute Gasteiger partial charge is 0.306 e. The second kappa shape index (κ2) is 44.1. The van der Waals surface area contributed by atoms with Crippen molar-refractivity contribution < 1.29 is 28.6 Å². The van der Waals surface area contributed by atoms with Crippen LogP contribution in [0.2, 0.25) is 0 Å². The van der Waals surface area contributed by atoms with E-state index in [1.807, 2.05) is 0 Å². The lowest BCUT2D eigenvalue weighted by Crippen LogP contribution is -2.30. The third-order valence-electron chi connectivity index (χ3n) is 10.9. The number of ether oxygens (including phenoxy) is 3. The molecule has 0 amide bonds. The molecule has 6 nitrogen and oxygen atoms in total.